The minimum atomic E-state index is -0.851. The number of carbonyl (C=O) groups is 1. The molecule has 0 unspecified atom stereocenters. The first-order valence-electron chi connectivity index (χ1n) is 6.89. The van der Waals surface area contributed by atoms with Gasteiger partial charge in [-0.05, 0) is 36.4 Å². The number of aromatic nitrogens is 3. The fourth-order valence-corrected chi connectivity index (χ4v) is 2.08. The van der Waals surface area contributed by atoms with E-state index >= 15 is 0 Å². The fraction of sp³-hybridized carbons (Fsp3) is 0. The molecule has 0 aliphatic carbocycles. The molecule has 24 heavy (non-hydrogen) atoms. The van der Waals surface area contributed by atoms with E-state index in [9.17, 15) is 9.18 Å². The van der Waals surface area contributed by atoms with Crippen molar-refractivity contribution in [2.45, 2.75) is 0 Å². The van der Waals surface area contributed by atoms with Gasteiger partial charge < -0.3 is 10.6 Å². The third kappa shape index (κ3) is 3.64. The highest BCUT2D eigenvalue weighted by molar-refractivity contribution is 6.30. The normalized spacial score (nSPS) is 10.2. The molecule has 6 nitrogen and oxygen atoms in total. The van der Waals surface area contributed by atoms with Crippen LogP contribution in [-0.4, -0.2) is 20.9 Å². The lowest BCUT2D eigenvalue weighted by atomic mass is 10.2. The van der Waals surface area contributed by atoms with Gasteiger partial charge in [-0.2, -0.15) is 0 Å². The van der Waals surface area contributed by atoms with Crippen LogP contribution in [0.3, 0.4) is 0 Å². The van der Waals surface area contributed by atoms with E-state index in [4.69, 9.17) is 11.6 Å². The summed E-state index contributed by atoms with van der Waals surface area (Å²) in [7, 11) is 0. The third-order valence-corrected chi connectivity index (χ3v) is 3.32. The molecule has 2 heterocycles. The van der Waals surface area contributed by atoms with E-state index in [1.54, 1.807) is 42.7 Å². The van der Waals surface area contributed by atoms with Crippen LogP contribution < -0.4 is 10.6 Å². The average Bonchev–Trinajstić information content (AvgIpc) is 2.60. The number of hydrogen-bond acceptors (Lipinski definition) is 5. The first kappa shape index (κ1) is 15.8. The molecular weight excluding hydrogens is 333 g/mol. The summed E-state index contributed by atoms with van der Waals surface area (Å²) in [5.74, 6) is -0.997. The number of hydrogen-bond donors (Lipinski definition) is 2. The van der Waals surface area contributed by atoms with Crippen molar-refractivity contribution in [1.82, 2.24) is 15.0 Å². The van der Waals surface area contributed by atoms with Gasteiger partial charge in [0.15, 0.2) is 11.0 Å². The lowest BCUT2D eigenvalue weighted by Crippen LogP contribution is -2.14. The molecule has 0 saturated heterocycles. The number of rotatable bonds is 4. The van der Waals surface area contributed by atoms with Crippen LogP contribution in [0, 0.1) is 5.82 Å². The second-order valence-corrected chi connectivity index (χ2v) is 5.05. The van der Waals surface area contributed by atoms with Crippen LogP contribution in [0.4, 0.5) is 21.7 Å². The molecule has 2 aromatic heterocycles. The standard InChI is InChI=1S/C16H11ClFN5O/c17-14-13(18)12(6-9-19-14)15(24)22-10-2-4-11(5-3-10)23-16-20-7-1-8-21-16/h1-9H,(H,22,24)(H,20,21,23). The fourth-order valence-electron chi connectivity index (χ4n) is 1.92. The first-order valence-corrected chi connectivity index (χ1v) is 7.27. The number of halogens is 2. The summed E-state index contributed by atoms with van der Waals surface area (Å²) in [6.07, 6.45) is 4.52. The highest BCUT2D eigenvalue weighted by Gasteiger charge is 2.15. The van der Waals surface area contributed by atoms with Gasteiger partial charge in [-0.25, -0.2) is 19.3 Å². The molecule has 0 bridgehead atoms. The monoisotopic (exact) mass is 343 g/mol. The van der Waals surface area contributed by atoms with Crippen molar-refractivity contribution in [3.63, 3.8) is 0 Å². The van der Waals surface area contributed by atoms with Crippen molar-refractivity contribution in [2.24, 2.45) is 0 Å². The molecule has 0 aliphatic rings. The number of benzene rings is 1. The van der Waals surface area contributed by atoms with Gasteiger partial charge in [-0.15, -0.1) is 0 Å². The third-order valence-electron chi connectivity index (χ3n) is 3.06. The summed E-state index contributed by atoms with van der Waals surface area (Å²) in [5.41, 5.74) is 1.08. The molecule has 8 heteroatoms. The SMILES string of the molecule is O=C(Nc1ccc(Nc2ncccn2)cc1)c1ccnc(Cl)c1F. The van der Waals surface area contributed by atoms with E-state index in [1.165, 1.54) is 12.3 Å². The molecular formula is C16H11ClFN5O. The molecule has 2 N–H and O–H groups in total. The predicted octanol–water partition coefficient (Wildman–Crippen LogP) is 3.66. The van der Waals surface area contributed by atoms with Gasteiger partial charge in [0.1, 0.15) is 0 Å². The Morgan fingerprint density at radius 2 is 1.62 bits per heavy atom. The Labute approximate surface area is 141 Å². The Balaban J connectivity index is 1.70. The second-order valence-electron chi connectivity index (χ2n) is 4.69. The topological polar surface area (TPSA) is 79.8 Å². The molecule has 120 valence electrons. The van der Waals surface area contributed by atoms with Gasteiger partial charge in [0.25, 0.3) is 5.91 Å². The number of nitrogens with zero attached hydrogens (tertiary/aromatic N) is 3. The average molecular weight is 344 g/mol. The number of nitrogens with one attached hydrogen (secondary N) is 2. The summed E-state index contributed by atoms with van der Waals surface area (Å²) in [4.78, 5) is 23.8. The Kier molecular flexibility index (Phi) is 4.62. The van der Waals surface area contributed by atoms with Crippen LogP contribution in [0.1, 0.15) is 10.4 Å². The minimum Gasteiger partial charge on any atom is -0.324 e. The van der Waals surface area contributed by atoms with Gasteiger partial charge in [0.2, 0.25) is 5.95 Å². The molecule has 0 saturated carbocycles. The summed E-state index contributed by atoms with van der Waals surface area (Å²) < 4.78 is 13.8. The Morgan fingerprint density at radius 3 is 2.33 bits per heavy atom. The summed E-state index contributed by atoms with van der Waals surface area (Å²) in [6.45, 7) is 0. The second kappa shape index (κ2) is 7.01. The maximum absolute atomic E-state index is 13.8. The smallest absolute Gasteiger partial charge is 0.258 e. The van der Waals surface area contributed by atoms with Crippen LogP contribution in [0.2, 0.25) is 5.15 Å². The molecule has 0 spiro atoms. The van der Waals surface area contributed by atoms with Crippen LogP contribution in [0.15, 0.2) is 55.0 Å². The molecule has 1 amide bonds. The van der Waals surface area contributed by atoms with Crippen LogP contribution >= 0.6 is 11.6 Å². The zero-order valence-corrected chi connectivity index (χ0v) is 13.0. The molecule has 0 fully saturated rings. The van der Waals surface area contributed by atoms with E-state index in [-0.39, 0.29) is 10.7 Å². The maximum atomic E-state index is 13.8. The summed E-state index contributed by atoms with van der Waals surface area (Å²) >= 11 is 5.57. The van der Waals surface area contributed by atoms with E-state index in [1.807, 2.05) is 0 Å². The molecule has 3 aromatic rings. The molecule has 1 aromatic carbocycles. The predicted molar refractivity (Wildman–Crippen MR) is 88.9 cm³/mol. The van der Waals surface area contributed by atoms with Crippen molar-refractivity contribution in [1.29, 1.82) is 0 Å². The van der Waals surface area contributed by atoms with Gasteiger partial charge in [-0.1, -0.05) is 11.6 Å². The number of anilines is 3. The number of amides is 1. The first-order chi connectivity index (χ1) is 11.6. The van der Waals surface area contributed by atoms with E-state index in [2.05, 4.69) is 25.6 Å². The lowest BCUT2D eigenvalue weighted by molar-refractivity contribution is 0.102. The number of carbonyl (C=O) groups excluding carboxylic acids is 1. The van der Waals surface area contributed by atoms with Crippen molar-refractivity contribution in [2.75, 3.05) is 10.6 Å². The van der Waals surface area contributed by atoms with Gasteiger partial charge in [0.05, 0.1) is 5.56 Å². The minimum absolute atomic E-state index is 0.171. The zero-order valence-electron chi connectivity index (χ0n) is 12.2. The Morgan fingerprint density at radius 1 is 0.958 bits per heavy atom. The zero-order chi connectivity index (χ0) is 16.9. The van der Waals surface area contributed by atoms with Gasteiger partial charge in [0, 0.05) is 30.0 Å². The molecule has 3 rings (SSSR count). The van der Waals surface area contributed by atoms with Crippen LogP contribution in [0.5, 0.6) is 0 Å². The van der Waals surface area contributed by atoms with E-state index in [0.717, 1.165) is 5.69 Å². The Hall–Kier alpha value is -3.06. The summed E-state index contributed by atoms with van der Waals surface area (Å²) in [6, 6.07) is 9.80. The van der Waals surface area contributed by atoms with E-state index in [0.29, 0.717) is 11.6 Å². The summed E-state index contributed by atoms with van der Waals surface area (Å²) in [5, 5.41) is 5.26. The Bertz CT molecular complexity index is 858. The van der Waals surface area contributed by atoms with Crippen molar-refractivity contribution >= 4 is 34.8 Å². The van der Waals surface area contributed by atoms with E-state index < -0.39 is 11.7 Å². The molecule has 0 atom stereocenters. The maximum Gasteiger partial charge on any atom is 0.258 e. The number of pyridine rings is 1. The lowest BCUT2D eigenvalue weighted by Gasteiger charge is -2.08. The van der Waals surface area contributed by atoms with Gasteiger partial charge >= 0.3 is 0 Å². The van der Waals surface area contributed by atoms with Crippen LogP contribution in [0.25, 0.3) is 0 Å². The molecule has 0 radical (unpaired) electrons. The van der Waals surface area contributed by atoms with Crippen LogP contribution in [-0.2, 0) is 0 Å². The highest BCUT2D eigenvalue weighted by atomic mass is 35.5. The largest absolute Gasteiger partial charge is 0.324 e. The van der Waals surface area contributed by atoms with Crippen molar-refractivity contribution in [3.8, 4) is 0 Å². The van der Waals surface area contributed by atoms with Gasteiger partial charge in [-0.3, -0.25) is 4.79 Å². The van der Waals surface area contributed by atoms with Crippen molar-refractivity contribution in [3.05, 3.63) is 71.5 Å². The highest BCUT2D eigenvalue weighted by Crippen LogP contribution is 2.19. The van der Waals surface area contributed by atoms with Crippen molar-refractivity contribution < 1.29 is 9.18 Å². The quantitative estimate of drug-likeness (QED) is 0.707. The molecule has 0 aliphatic heterocycles.